The van der Waals surface area contributed by atoms with Crippen molar-refractivity contribution in [2.45, 2.75) is 46.6 Å². The standard InChI is InChI=1S/C15H22BrF2N/c1-5-15(3,4)13(19-6-2)9-10-12(17)8-7-11(16)14(10)18/h7-8,13,19H,5-6,9H2,1-4H3. The van der Waals surface area contributed by atoms with Gasteiger partial charge in [0.05, 0.1) is 4.47 Å². The van der Waals surface area contributed by atoms with Crippen LogP contribution in [0.4, 0.5) is 8.78 Å². The molecule has 0 saturated carbocycles. The number of rotatable bonds is 6. The zero-order valence-corrected chi connectivity index (χ0v) is 13.6. The predicted octanol–water partition coefficient (Wildman–Crippen LogP) is 4.68. The van der Waals surface area contributed by atoms with Crippen LogP contribution in [0.1, 0.15) is 39.7 Å². The molecule has 0 amide bonds. The van der Waals surface area contributed by atoms with Crippen LogP contribution in [0.2, 0.25) is 0 Å². The van der Waals surface area contributed by atoms with Crippen LogP contribution in [0.3, 0.4) is 0 Å². The molecular formula is C15H22BrF2N. The molecule has 0 heterocycles. The topological polar surface area (TPSA) is 12.0 Å². The highest BCUT2D eigenvalue weighted by Crippen LogP contribution is 2.30. The zero-order chi connectivity index (χ0) is 14.6. The highest BCUT2D eigenvalue weighted by atomic mass is 79.9. The average molecular weight is 334 g/mol. The molecule has 19 heavy (non-hydrogen) atoms. The van der Waals surface area contributed by atoms with Crippen LogP contribution in [-0.4, -0.2) is 12.6 Å². The zero-order valence-electron chi connectivity index (χ0n) is 12.0. The molecule has 108 valence electrons. The van der Waals surface area contributed by atoms with E-state index in [0.29, 0.717) is 10.9 Å². The van der Waals surface area contributed by atoms with E-state index in [1.54, 1.807) is 0 Å². The van der Waals surface area contributed by atoms with Crippen molar-refractivity contribution in [1.29, 1.82) is 0 Å². The van der Waals surface area contributed by atoms with Crippen LogP contribution in [0, 0.1) is 17.0 Å². The van der Waals surface area contributed by atoms with Gasteiger partial charge in [0.2, 0.25) is 0 Å². The number of nitrogens with one attached hydrogen (secondary N) is 1. The summed E-state index contributed by atoms with van der Waals surface area (Å²) in [6.45, 7) is 9.12. The molecule has 0 bridgehead atoms. The number of benzene rings is 1. The quantitative estimate of drug-likeness (QED) is 0.745. The molecule has 0 aliphatic carbocycles. The molecule has 1 aromatic carbocycles. The molecule has 1 unspecified atom stereocenters. The summed E-state index contributed by atoms with van der Waals surface area (Å²) in [5, 5.41) is 3.35. The van der Waals surface area contributed by atoms with Crippen molar-refractivity contribution < 1.29 is 8.78 Å². The fraction of sp³-hybridized carbons (Fsp3) is 0.600. The Morgan fingerprint density at radius 1 is 1.26 bits per heavy atom. The van der Waals surface area contributed by atoms with E-state index in [4.69, 9.17) is 0 Å². The largest absolute Gasteiger partial charge is 0.313 e. The van der Waals surface area contributed by atoms with Crippen molar-refractivity contribution in [1.82, 2.24) is 5.32 Å². The van der Waals surface area contributed by atoms with E-state index in [1.165, 1.54) is 12.1 Å². The molecule has 0 aliphatic rings. The smallest absolute Gasteiger partial charge is 0.143 e. The molecule has 0 fully saturated rings. The molecule has 1 rings (SSSR count). The Bertz CT molecular complexity index is 432. The SMILES string of the molecule is CCNC(Cc1c(F)ccc(Br)c1F)C(C)(C)CC. The van der Waals surface area contributed by atoms with E-state index in [1.807, 2.05) is 6.92 Å². The predicted molar refractivity (Wildman–Crippen MR) is 79.3 cm³/mol. The van der Waals surface area contributed by atoms with Gasteiger partial charge in [-0.3, -0.25) is 0 Å². The van der Waals surface area contributed by atoms with Crippen molar-refractivity contribution in [3.05, 3.63) is 33.8 Å². The number of hydrogen-bond acceptors (Lipinski definition) is 1. The Hall–Kier alpha value is -0.480. The first-order valence-corrected chi connectivity index (χ1v) is 7.48. The molecule has 1 aromatic rings. The first-order chi connectivity index (χ1) is 8.83. The summed E-state index contributed by atoms with van der Waals surface area (Å²) in [4.78, 5) is 0. The molecule has 1 nitrogen and oxygen atoms in total. The van der Waals surface area contributed by atoms with Crippen LogP contribution in [0.15, 0.2) is 16.6 Å². The van der Waals surface area contributed by atoms with E-state index in [0.717, 1.165) is 13.0 Å². The van der Waals surface area contributed by atoms with Gasteiger partial charge < -0.3 is 5.32 Å². The van der Waals surface area contributed by atoms with Crippen LogP contribution in [0.5, 0.6) is 0 Å². The molecule has 1 N–H and O–H groups in total. The Balaban J connectivity index is 3.07. The summed E-state index contributed by atoms with van der Waals surface area (Å²) in [5.74, 6) is -0.967. The van der Waals surface area contributed by atoms with Gasteiger partial charge in [0.25, 0.3) is 0 Å². The maximum atomic E-state index is 14.0. The van der Waals surface area contributed by atoms with Gasteiger partial charge in [-0.15, -0.1) is 0 Å². The van der Waals surface area contributed by atoms with Crippen molar-refractivity contribution in [2.75, 3.05) is 6.54 Å². The van der Waals surface area contributed by atoms with Gasteiger partial charge in [-0.2, -0.15) is 0 Å². The Morgan fingerprint density at radius 3 is 2.42 bits per heavy atom. The normalized spacial score (nSPS) is 13.6. The lowest BCUT2D eigenvalue weighted by Gasteiger charge is -2.34. The lowest BCUT2D eigenvalue weighted by molar-refractivity contribution is 0.230. The highest BCUT2D eigenvalue weighted by Gasteiger charge is 2.29. The summed E-state index contributed by atoms with van der Waals surface area (Å²) >= 11 is 3.11. The molecular weight excluding hydrogens is 312 g/mol. The average Bonchev–Trinajstić information content (AvgIpc) is 2.37. The van der Waals surface area contributed by atoms with Crippen LogP contribution >= 0.6 is 15.9 Å². The first-order valence-electron chi connectivity index (χ1n) is 6.69. The summed E-state index contributed by atoms with van der Waals surface area (Å²) in [6, 6.07) is 2.76. The third-order valence-electron chi connectivity index (χ3n) is 3.85. The van der Waals surface area contributed by atoms with E-state index in [-0.39, 0.29) is 17.0 Å². The van der Waals surface area contributed by atoms with Crippen molar-refractivity contribution in [3.63, 3.8) is 0 Å². The van der Waals surface area contributed by atoms with E-state index >= 15 is 0 Å². The van der Waals surface area contributed by atoms with Crippen molar-refractivity contribution >= 4 is 15.9 Å². The molecule has 0 aliphatic heterocycles. The highest BCUT2D eigenvalue weighted by molar-refractivity contribution is 9.10. The Kier molecular flexibility index (Phi) is 5.93. The Morgan fingerprint density at radius 2 is 1.89 bits per heavy atom. The molecule has 1 atom stereocenters. The summed E-state index contributed by atoms with van der Waals surface area (Å²) < 4.78 is 28.2. The molecule has 0 radical (unpaired) electrons. The second kappa shape index (κ2) is 6.80. The van der Waals surface area contributed by atoms with Gasteiger partial charge in [-0.25, -0.2) is 8.78 Å². The van der Waals surface area contributed by atoms with Crippen LogP contribution in [-0.2, 0) is 6.42 Å². The molecule has 0 saturated heterocycles. The van der Waals surface area contributed by atoms with Crippen molar-refractivity contribution in [2.24, 2.45) is 5.41 Å². The minimum atomic E-state index is -0.491. The van der Waals surface area contributed by atoms with E-state index in [9.17, 15) is 8.78 Å². The third-order valence-corrected chi connectivity index (χ3v) is 4.46. The lowest BCUT2D eigenvalue weighted by Crippen LogP contribution is -2.43. The maximum absolute atomic E-state index is 14.0. The fourth-order valence-corrected chi connectivity index (χ4v) is 2.45. The number of halogens is 3. The number of likely N-dealkylation sites (N-methyl/N-ethyl adjacent to an activating group) is 1. The fourth-order valence-electron chi connectivity index (χ4n) is 2.08. The van der Waals surface area contributed by atoms with Gasteiger partial charge in [-0.1, -0.05) is 27.7 Å². The van der Waals surface area contributed by atoms with Gasteiger partial charge >= 0.3 is 0 Å². The summed E-state index contributed by atoms with van der Waals surface area (Å²) in [6.07, 6.45) is 1.30. The maximum Gasteiger partial charge on any atom is 0.143 e. The first kappa shape index (κ1) is 16.6. The molecule has 0 aromatic heterocycles. The number of hydrogen-bond donors (Lipinski definition) is 1. The van der Waals surface area contributed by atoms with Gasteiger partial charge in [-0.05, 0) is 52.9 Å². The Labute approximate surface area is 122 Å². The van der Waals surface area contributed by atoms with E-state index in [2.05, 4.69) is 42.0 Å². The second-order valence-corrected chi connectivity index (χ2v) is 6.33. The lowest BCUT2D eigenvalue weighted by atomic mass is 9.78. The second-order valence-electron chi connectivity index (χ2n) is 5.48. The van der Waals surface area contributed by atoms with Crippen molar-refractivity contribution in [3.8, 4) is 0 Å². The third kappa shape index (κ3) is 3.99. The van der Waals surface area contributed by atoms with Gasteiger partial charge in [0.15, 0.2) is 0 Å². The van der Waals surface area contributed by atoms with E-state index < -0.39 is 11.6 Å². The summed E-state index contributed by atoms with van der Waals surface area (Å²) in [7, 11) is 0. The van der Waals surface area contributed by atoms with Gasteiger partial charge in [0.1, 0.15) is 11.6 Å². The minimum Gasteiger partial charge on any atom is -0.313 e. The van der Waals surface area contributed by atoms with Gasteiger partial charge in [0, 0.05) is 11.6 Å². The van der Waals surface area contributed by atoms with Crippen LogP contribution < -0.4 is 5.32 Å². The van der Waals surface area contributed by atoms with Crippen LogP contribution in [0.25, 0.3) is 0 Å². The molecule has 0 spiro atoms. The monoisotopic (exact) mass is 333 g/mol. The molecule has 4 heteroatoms. The minimum absolute atomic E-state index is 0.0167. The summed E-state index contributed by atoms with van der Waals surface area (Å²) in [5.41, 5.74) is 0.138.